The lowest BCUT2D eigenvalue weighted by Crippen LogP contribution is -2.31. The summed E-state index contributed by atoms with van der Waals surface area (Å²) in [5, 5.41) is 0. The summed E-state index contributed by atoms with van der Waals surface area (Å²) in [6.45, 7) is -0.165. The van der Waals surface area contributed by atoms with Crippen molar-refractivity contribution in [1.82, 2.24) is 0 Å². The van der Waals surface area contributed by atoms with Gasteiger partial charge in [-0.2, -0.15) is 0 Å². The van der Waals surface area contributed by atoms with E-state index in [4.69, 9.17) is 4.74 Å². The molecule has 0 N–H and O–H groups in total. The van der Waals surface area contributed by atoms with E-state index in [9.17, 15) is 17.2 Å². The Kier molecular flexibility index (Phi) is 5.41. The lowest BCUT2D eigenvalue weighted by atomic mass is 10.2. The first-order valence-corrected chi connectivity index (χ1v) is 9.51. The Morgan fingerprint density at radius 3 is 2.37 bits per heavy atom. The second-order valence-corrected chi connectivity index (χ2v) is 7.60. The lowest BCUT2D eigenvalue weighted by molar-refractivity contribution is 0.415. The third-order valence-electron chi connectivity index (χ3n) is 3.96. The van der Waals surface area contributed by atoms with Crippen LogP contribution in [0.4, 0.5) is 14.5 Å². The Labute approximate surface area is 156 Å². The zero-order valence-electron chi connectivity index (χ0n) is 14.5. The highest BCUT2D eigenvalue weighted by molar-refractivity contribution is 7.92. The van der Waals surface area contributed by atoms with E-state index in [1.54, 1.807) is 24.3 Å². The first-order valence-electron chi connectivity index (χ1n) is 8.07. The molecule has 0 aliphatic carbocycles. The zero-order valence-corrected chi connectivity index (χ0v) is 15.3. The van der Waals surface area contributed by atoms with E-state index >= 15 is 0 Å². The number of halogens is 2. The summed E-state index contributed by atoms with van der Waals surface area (Å²) in [7, 11) is -2.78. The van der Waals surface area contributed by atoms with Gasteiger partial charge in [0, 0.05) is 6.07 Å². The minimum Gasteiger partial charge on any atom is -0.497 e. The average Bonchev–Trinajstić information content (AvgIpc) is 2.66. The van der Waals surface area contributed by atoms with Crippen LogP contribution in [0.1, 0.15) is 5.56 Å². The van der Waals surface area contributed by atoms with Crippen molar-refractivity contribution in [2.24, 2.45) is 0 Å². The van der Waals surface area contributed by atoms with E-state index in [1.807, 2.05) is 0 Å². The number of rotatable bonds is 6. The van der Waals surface area contributed by atoms with Crippen LogP contribution in [-0.2, 0) is 16.6 Å². The SMILES string of the molecule is COc1cccc(N(Cc2cccc(F)c2)S(=O)(=O)c2ccccc2F)c1. The Balaban J connectivity index is 2.13. The topological polar surface area (TPSA) is 46.6 Å². The van der Waals surface area contributed by atoms with Gasteiger partial charge in [-0.25, -0.2) is 17.2 Å². The number of hydrogen-bond donors (Lipinski definition) is 0. The fourth-order valence-electron chi connectivity index (χ4n) is 2.65. The molecule has 0 saturated carbocycles. The van der Waals surface area contributed by atoms with Gasteiger partial charge in [0.05, 0.1) is 19.3 Å². The summed E-state index contributed by atoms with van der Waals surface area (Å²) in [5.74, 6) is -0.897. The Hall–Kier alpha value is -2.93. The highest BCUT2D eigenvalue weighted by Gasteiger charge is 2.28. The summed E-state index contributed by atoms with van der Waals surface area (Å²) in [4.78, 5) is -0.454. The van der Waals surface area contributed by atoms with Gasteiger partial charge < -0.3 is 4.74 Å². The van der Waals surface area contributed by atoms with Gasteiger partial charge in [0.2, 0.25) is 0 Å². The van der Waals surface area contributed by atoms with E-state index in [2.05, 4.69) is 0 Å². The highest BCUT2D eigenvalue weighted by atomic mass is 32.2. The third-order valence-corrected chi connectivity index (χ3v) is 5.77. The lowest BCUT2D eigenvalue weighted by Gasteiger charge is -2.25. The average molecular weight is 389 g/mol. The summed E-state index contributed by atoms with van der Waals surface area (Å²) >= 11 is 0. The maximum absolute atomic E-state index is 14.2. The molecule has 0 atom stereocenters. The van der Waals surface area contributed by atoms with Crippen molar-refractivity contribution in [3.63, 3.8) is 0 Å². The first-order chi connectivity index (χ1) is 12.9. The van der Waals surface area contributed by atoms with Crippen LogP contribution in [0.25, 0.3) is 0 Å². The molecule has 0 aromatic heterocycles. The van der Waals surface area contributed by atoms with Gasteiger partial charge in [0.25, 0.3) is 10.0 Å². The van der Waals surface area contributed by atoms with Gasteiger partial charge in [-0.15, -0.1) is 0 Å². The fourth-order valence-corrected chi connectivity index (χ4v) is 4.17. The van der Waals surface area contributed by atoms with Crippen molar-refractivity contribution in [1.29, 1.82) is 0 Å². The van der Waals surface area contributed by atoms with E-state index in [1.165, 1.54) is 49.6 Å². The number of methoxy groups -OCH3 is 1. The molecule has 0 fully saturated rings. The van der Waals surface area contributed by atoms with Gasteiger partial charge in [-0.1, -0.05) is 30.3 Å². The molecule has 3 aromatic rings. The zero-order chi connectivity index (χ0) is 19.4. The molecule has 7 heteroatoms. The summed E-state index contributed by atoms with van der Waals surface area (Å²) < 4.78 is 60.4. The standard InChI is InChI=1S/C20H17F2NO3S/c1-26-18-9-5-8-17(13-18)23(14-15-6-4-7-16(21)12-15)27(24,25)20-11-3-2-10-19(20)22/h2-13H,14H2,1H3. The maximum Gasteiger partial charge on any atom is 0.267 e. The summed E-state index contributed by atoms with van der Waals surface area (Å²) in [6, 6.07) is 17.1. The van der Waals surface area contributed by atoms with Crippen LogP contribution in [0.5, 0.6) is 5.75 Å². The van der Waals surface area contributed by atoms with Gasteiger partial charge >= 0.3 is 0 Å². The summed E-state index contributed by atoms with van der Waals surface area (Å²) in [6.07, 6.45) is 0. The molecule has 4 nitrogen and oxygen atoms in total. The molecule has 27 heavy (non-hydrogen) atoms. The monoisotopic (exact) mass is 389 g/mol. The second-order valence-electron chi connectivity index (χ2n) is 5.77. The second kappa shape index (κ2) is 7.75. The molecule has 0 amide bonds. The highest BCUT2D eigenvalue weighted by Crippen LogP contribution is 2.29. The van der Waals surface area contributed by atoms with Gasteiger partial charge in [0.1, 0.15) is 22.3 Å². The van der Waals surface area contributed by atoms with Crippen molar-refractivity contribution in [2.75, 3.05) is 11.4 Å². The molecule has 0 saturated heterocycles. The van der Waals surface area contributed by atoms with E-state index in [0.717, 1.165) is 10.4 Å². The molecular weight excluding hydrogens is 372 g/mol. The molecule has 3 rings (SSSR count). The van der Waals surface area contributed by atoms with Crippen LogP contribution in [0, 0.1) is 11.6 Å². The number of ether oxygens (including phenoxy) is 1. The largest absolute Gasteiger partial charge is 0.497 e. The molecule has 140 valence electrons. The van der Waals surface area contributed by atoms with Crippen LogP contribution in [0.15, 0.2) is 77.7 Å². The van der Waals surface area contributed by atoms with E-state index in [-0.39, 0.29) is 12.2 Å². The predicted octanol–water partition coefficient (Wildman–Crippen LogP) is 4.37. The predicted molar refractivity (Wildman–Crippen MR) is 99.2 cm³/mol. The molecular formula is C20H17F2NO3S. The molecule has 3 aromatic carbocycles. The van der Waals surface area contributed by atoms with Crippen molar-refractivity contribution in [2.45, 2.75) is 11.4 Å². The minimum atomic E-state index is -4.24. The first kappa shape index (κ1) is 18.8. The number of anilines is 1. The van der Waals surface area contributed by atoms with E-state index < -0.39 is 26.6 Å². The van der Waals surface area contributed by atoms with Gasteiger partial charge in [0.15, 0.2) is 0 Å². The van der Waals surface area contributed by atoms with Crippen LogP contribution < -0.4 is 9.04 Å². The van der Waals surface area contributed by atoms with Crippen molar-refractivity contribution in [3.05, 3.63) is 90.0 Å². The fraction of sp³-hybridized carbons (Fsp3) is 0.100. The van der Waals surface area contributed by atoms with Crippen LogP contribution in [0.2, 0.25) is 0 Å². The molecule has 0 aliphatic heterocycles. The molecule has 0 spiro atoms. The maximum atomic E-state index is 14.2. The van der Waals surface area contributed by atoms with Crippen LogP contribution >= 0.6 is 0 Å². The quantitative estimate of drug-likeness (QED) is 0.629. The Morgan fingerprint density at radius 2 is 1.67 bits per heavy atom. The number of nitrogens with zero attached hydrogens (tertiary/aromatic N) is 1. The summed E-state index contributed by atoms with van der Waals surface area (Å²) in [5.41, 5.74) is 0.708. The van der Waals surface area contributed by atoms with Gasteiger partial charge in [-0.3, -0.25) is 4.31 Å². The smallest absolute Gasteiger partial charge is 0.267 e. The third kappa shape index (κ3) is 4.09. The minimum absolute atomic E-state index is 0.165. The Bertz CT molecular complexity index is 1050. The van der Waals surface area contributed by atoms with Gasteiger partial charge in [-0.05, 0) is 42.0 Å². The van der Waals surface area contributed by atoms with Crippen molar-refractivity contribution in [3.8, 4) is 5.75 Å². The number of hydrogen-bond acceptors (Lipinski definition) is 3. The van der Waals surface area contributed by atoms with E-state index in [0.29, 0.717) is 11.3 Å². The van der Waals surface area contributed by atoms with Crippen LogP contribution in [0.3, 0.4) is 0 Å². The Morgan fingerprint density at radius 1 is 0.926 bits per heavy atom. The van der Waals surface area contributed by atoms with Crippen LogP contribution in [-0.4, -0.2) is 15.5 Å². The molecule has 0 aliphatic rings. The number of benzene rings is 3. The normalized spacial score (nSPS) is 11.2. The van der Waals surface area contributed by atoms with Crippen molar-refractivity contribution >= 4 is 15.7 Å². The molecule has 0 heterocycles. The molecule has 0 unspecified atom stereocenters. The molecule has 0 bridgehead atoms. The number of sulfonamides is 1. The molecule has 0 radical (unpaired) electrons. The van der Waals surface area contributed by atoms with Crippen molar-refractivity contribution < 1.29 is 21.9 Å².